The zero-order chi connectivity index (χ0) is 17.4. The van der Waals surface area contributed by atoms with Crippen molar-refractivity contribution in [3.05, 3.63) is 54.6 Å². The maximum absolute atomic E-state index is 5.71. The van der Waals surface area contributed by atoms with E-state index < -0.39 is 0 Å². The summed E-state index contributed by atoms with van der Waals surface area (Å²) < 4.78 is 10.6. The molecule has 0 bridgehead atoms. The fourth-order valence-electron chi connectivity index (χ4n) is 2.15. The van der Waals surface area contributed by atoms with E-state index in [0.29, 0.717) is 13.2 Å². The van der Waals surface area contributed by atoms with E-state index in [-0.39, 0.29) is 0 Å². The zero-order valence-corrected chi connectivity index (χ0v) is 14.1. The molecule has 0 saturated carbocycles. The summed E-state index contributed by atoms with van der Waals surface area (Å²) in [6.07, 6.45) is 1.74. The lowest BCUT2D eigenvalue weighted by atomic mass is 10.1. The minimum absolute atomic E-state index is 0.496. The van der Waals surface area contributed by atoms with E-state index in [1.54, 1.807) is 13.3 Å². The summed E-state index contributed by atoms with van der Waals surface area (Å²) in [7, 11) is 1.64. The van der Waals surface area contributed by atoms with Gasteiger partial charge in [-0.05, 0) is 43.3 Å². The molecule has 0 heterocycles. The summed E-state index contributed by atoms with van der Waals surface area (Å²) >= 11 is 0. The highest BCUT2D eigenvalue weighted by Gasteiger charge is 2.08. The van der Waals surface area contributed by atoms with Gasteiger partial charge in [0.15, 0.2) is 0 Å². The van der Waals surface area contributed by atoms with Crippen molar-refractivity contribution in [3.8, 4) is 5.75 Å². The van der Waals surface area contributed by atoms with Crippen molar-refractivity contribution in [3.63, 3.8) is 0 Å². The molecule has 2 aromatic rings. The first-order chi connectivity index (χ1) is 11.6. The molecular weight excluding hydrogens is 302 g/mol. The number of nitrogen functional groups attached to an aromatic ring is 1. The molecule has 0 aliphatic heterocycles. The first-order valence-corrected chi connectivity index (χ1v) is 7.70. The fraction of sp³-hybridized carbons (Fsp3) is 0.211. The van der Waals surface area contributed by atoms with E-state index in [4.69, 9.17) is 15.2 Å². The summed E-state index contributed by atoms with van der Waals surface area (Å²) in [6.45, 7) is 7.02. The maximum Gasteiger partial charge on any atom is 0.121 e. The van der Waals surface area contributed by atoms with Gasteiger partial charge in [-0.15, -0.1) is 0 Å². The molecule has 0 aliphatic carbocycles. The molecule has 0 amide bonds. The van der Waals surface area contributed by atoms with Crippen molar-refractivity contribution in [2.24, 2.45) is 4.99 Å². The van der Waals surface area contributed by atoms with Crippen LogP contribution in [0.3, 0.4) is 0 Å². The molecule has 0 spiro atoms. The van der Waals surface area contributed by atoms with Gasteiger partial charge in [0.1, 0.15) is 12.4 Å². The lowest BCUT2D eigenvalue weighted by Crippen LogP contribution is -2.04. The Kier molecular flexibility index (Phi) is 6.40. The molecule has 5 heteroatoms. The van der Waals surface area contributed by atoms with Crippen LogP contribution in [0.5, 0.6) is 5.75 Å². The van der Waals surface area contributed by atoms with Gasteiger partial charge in [-0.3, -0.25) is 4.99 Å². The molecule has 0 atom stereocenters. The van der Waals surface area contributed by atoms with Crippen LogP contribution in [-0.2, 0) is 4.74 Å². The third-order valence-electron chi connectivity index (χ3n) is 3.32. The molecule has 0 aliphatic rings. The molecular formula is C19H23N3O2. The lowest BCUT2D eigenvalue weighted by molar-refractivity contribution is 0.146. The molecule has 24 heavy (non-hydrogen) atoms. The van der Waals surface area contributed by atoms with E-state index >= 15 is 0 Å². The Bertz CT molecular complexity index is 709. The van der Waals surface area contributed by atoms with Crippen molar-refractivity contribution >= 4 is 29.0 Å². The first kappa shape index (κ1) is 17.6. The summed E-state index contributed by atoms with van der Waals surface area (Å²) in [4.78, 5) is 4.42. The Morgan fingerprint density at radius 1 is 1.21 bits per heavy atom. The highest BCUT2D eigenvalue weighted by molar-refractivity contribution is 5.83. The van der Waals surface area contributed by atoms with Crippen molar-refractivity contribution in [2.75, 3.05) is 31.4 Å². The van der Waals surface area contributed by atoms with Gasteiger partial charge in [0.2, 0.25) is 0 Å². The summed E-state index contributed by atoms with van der Waals surface area (Å²) in [5.74, 6) is 0.747. The molecule has 126 valence electrons. The number of ether oxygens (including phenoxy) is 2. The second-order valence-corrected chi connectivity index (χ2v) is 5.13. The van der Waals surface area contributed by atoms with Crippen LogP contribution in [0.1, 0.15) is 12.5 Å². The Balaban J connectivity index is 2.17. The van der Waals surface area contributed by atoms with E-state index in [1.165, 1.54) is 0 Å². The largest absolute Gasteiger partial charge is 0.491 e. The SMILES string of the molecule is C=C(Nc1ccc(N)cc1)c1ccc(OCCOC)cc1N=CC. The Morgan fingerprint density at radius 3 is 2.62 bits per heavy atom. The van der Waals surface area contributed by atoms with Gasteiger partial charge < -0.3 is 20.5 Å². The summed E-state index contributed by atoms with van der Waals surface area (Å²) in [5.41, 5.74) is 9.80. The average molecular weight is 325 g/mol. The van der Waals surface area contributed by atoms with Gasteiger partial charge in [-0.2, -0.15) is 0 Å². The van der Waals surface area contributed by atoms with E-state index in [0.717, 1.165) is 34.1 Å². The van der Waals surface area contributed by atoms with Gasteiger partial charge in [0, 0.05) is 42.0 Å². The van der Waals surface area contributed by atoms with Crippen LogP contribution in [-0.4, -0.2) is 26.5 Å². The number of benzene rings is 2. The van der Waals surface area contributed by atoms with Crippen molar-refractivity contribution < 1.29 is 9.47 Å². The Labute approximate surface area is 142 Å². The monoisotopic (exact) mass is 325 g/mol. The number of hydrogen-bond acceptors (Lipinski definition) is 5. The number of anilines is 2. The third kappa shape index (κ3) is 4.86. The molecule has 0 saturated heterocycles. The summed E-state index contributed by atoms with van der Waals surface area (Å²) in [6, 6.07) is 13.2. The van der Waals surface area contributed by atoms with E-state index in [9.17, 15) is 0 Å². The van der Waals surface area contributed by atoms with Crippen molar-refractivity contribution in [1.82, 2.24) is 0 Å². The average Bonchev–Trinajstić information content (AvgIpc) is 2.58. The molecule has 3 N–H and O–H groups in total. The minimum Gasteiger partial charge on any atom is -0.491 e. The van der Waals surface area contributed by atoms with Crippen LogP contribution >= 0.6 is 0 Å². The first-order valence-electron chi connectivity index (χ1n) is 7.70. The van der Waals surface area contributed by atoms with Crippen molar-refractivity contribution in [1.29, 1.82) is 0 Å². The highest BCUT2D eigenvalue weighted by Crippen LogP contribution is 2.30. The molecule has 0 unspecified atom stereocenters. The molecule has 5 nitrogen and oxygen atoms in total. The Hall–Kier alpha value is -2.79. The molecule has 0 radical (unpaired) electrons. The molecule has 0 fully saturated rings. The summed E-state index contributed by atoms with van der Waals surface area (Å²) in [5, 5.41) is 3.27. The number of aliphatic imine (C=N–C) groups is 1. The third-order valence-corrected chi connectivity index (χ3v) is 3.32. The minimum atomic E-state index is 0.496. The van der Waals surface area contributed by atoms with Crippen LogP contribution in [0.25, 0.3) is 5.70 Å². The van der Waals surface area contributed by atoms with Gasteiger partial charge in [-0.25, -0.2) is 0 Å². The van der Waals surface area contributed by atoms with Gasteiger partial charge >= 0.3 is 0 Å². The zero-order valence-electron chi connectivity index (χ0n) is 14.1. The lowest BCUT2D eigenvalue weighted by Gasteiger charge is -2.14. The van der Waals surface area contributed by atoms with Crippen LogP contribution in [0.2, 0.25) is 0 Å². The van der Waals surface area contributed by atoms with Crippen LogP contribution in [0.4, 0.5) is 17.1 Å². The standard InChI is InChI=1S/C19H23N3O2/c1-4-21-19-13-17(24-12-11-23-3)9-10-18(19)14(2)22-16-7-5-15(20)6-8-16/h4-10,13,22H,2,11-12,20H2,1,3H3. The van der Waals surface area contributed by atoms with Gasteiger partial charge in [0.25, 0.3) is 0 Å². The van der Waals surface area contributed by atoms with E-state index in [1.807, 2.05) is 49.4 Å². The number of nitrogens with two attached hydrogens (primary N) is 1. The molecule has 2 rings (SSSR count). The van der Waals surface area contributed by atoms with Gasteiger partial charge in [-0.1, -0.05) is 6.58 Å². The predicted molar refractivity (Wildman–Crippen MR) is 101 cm³/mol. The van der Waals surface area contributed by atoms with Crippen molar-refractivity contribution in [2.45, 2.75) is 6.92 Å². The van der Waals surface area contributed by atoms with Crippen LogP contribution in [0.15, 0.2) is 54.0 Å². The number of rotatable bonds is 8. The predicted octanol–water partition coefficient (Wildman–Crippen LogP) is 4.10. The second-order valence-electron chi connectivity index (χ2n) is 5.13. The smallest absolute Gasteiger partial charge is 0.121 e. The quantitative estimate of drug-likeness (QED) is 0.435. The number of hydrogen-bond donors (Lipinski definition) is 2. The Morgan fingerprint density at radius 2 is 1.96 bits per heavy atom. The molecule has 2 aromatic carbocycles. The highest BCUT2D eigenvalue weighted by atomic mass is 16.5. The van der Waals surface area contributed by atoms with Gasteiger partial charge in [0.05, 0.1) is 12.3 Å². The fourth-order valence-corrected chi connectivity index (χ4v) is 2.15. The van der Waals surface area contributed by atoms with Crippen LogP contribution < -0.4 is 15.8 Å². The number of nitrogens with zero attached hydrogens (tertiary/aromatic N) is 1. The normalized spacial score (nSPS) is 10.8. The second kappa shape index (κ2) is 8.74. The molecule has 0 aromatic heterocycles. The number of nitrogens with one attached hydrogen (secondary N) is 1. The topological polar surface area (TPSA) is 68.9 Å². The van der Waals surface area contributed by atoms with Crippen LogP contribution in [0, 0.1) is 0 Å². The maximum atomic E-state index is 5.71. The number of methoxy groups -OCH3 is 1. The van der Waals surface area contributed by atoms with E-state index in [2.05, 4.69) is 16.9 Å².